The second kappa shape index (κ2) is 6.44. The van der Waals surface area contributed by atoms with Crippen molar-refractivity contribution in [2.75, 3.05) is 17.1 Å². The summed E-state index contributed by atoms with van der Waals surface area (Å²) in [4.78, 5) is 0. The van der Waals surface area contributed by atoms with E-state index in [-0.39, 0.29) is 17.4 Å². The van der Waals surface area contributed by atoms with E-state index in [0.717, 1.165) is 19.3 Å². The van der Waals surface area contributed by atoms with Crippen LogP contribution in [0.3, 0.4) is 0 Å². The molecule has 0 saturated carbocycles. The van der Waals surface area contributed by atoms with Gasteiger partial charge in [-0.2, -0.15) is 5.26 Å². The molecule has 1 aromatic rings. The highest BCUT2D eigenvalue weighted by molar-refractivity contribution is 7.92. The first-order valence-electron chi connectivity index (χ1n) is 6.32. The number of hydrogen-bond acceptors (Lipinski definition) is 4. The molecule has 2 rings (SSSR count). The zero-order valence-electron chi connectivity index (χ0n) is 10.8. The number of ether oxygens (including phenoxy) is 1. The minimum atomic E-state index is -3.50. The van der Waals surface area contributed by atoms with Gasteiger partial charge in [-0.05, 0) is 37.5 Å². The summed E-state index contributed by atoms with van der Waals surface area (Å²) in [6, 6.07) is 6.35. The van der Waals surface area contributed by atoms with Gasteiger partial charge in [0.1, 0.15) is 6.07 Å². The molecule has 0 spiro atoms. The number of nitrogens with zero attached hydrogens (tertiary/aromatic N) is 1. The van der Waals surface area contributed by atoms with Gasteiger partial charge in [0.05, 0.1) is 22.4 Å². The Hall–Kier alpha value is -1.29. The van der Waals surface area contributed by atoms with Gasteiger partial charge in [-0.15, -0.1) is 0 Å². The summed E-state index contributed by atoms with van der Waals surface area (Å²) < 4.78 is 32.0. The van der Waals surface area contributed by atoms with Gasteiger partial charge in [-0.3, -0.25) is 4.72 Å². The van der Waals surface area contributed by atoms with Crippen LogP contribution in [0.25, 0.3) is 0 Å². The van der Waals surface area contributed by atoms with Gasteiger partial charge in [-0.1, -0.05) is 11.6 Å². The smallest absolute Gasteiger partial charge is 0.235 e. The van der Waals surface area contributed by atoms with Crippen molar-refractivity contribution >= 4 is 27.3 Å². The van der Waals surface area contributed by atoms with Gasteiger partial charge in [-0.25, -0.2) is 8.42 Å². The highest BCUT2D eigenvalue weighted by atomic mass is 35.5. The average Bonchev–Trinajstić information content (AvgIpc) is 2.41. The largest absolute Gasteiger partial charge is 0.377 e. The van der Waals surface area contributed by atoms with Gasteiger partial charge in [0.25, 0.3) is 0 Å². The second-order valence-corrected chi connectivity index (χ2v) is 6.85. The third-order valence-electron chi connectivity index (χ3n) is 3.04. The molecule has 0 aromatic heterocycles. The van der Waals surface area contributed by atoms with Crippen molar-refractivity contribution in [1.82, 2.24) is 0 Å². The predicted molar refractivity (Wildman–Crippen MR) is 77.2 cm³/mol. The molecule has 0 bridgehead atoms. The van der Waals surface area contributed by atoms with Crippen molar-refractivity contribution in [3.05, 3.63) is 28.8 Å². The van der Waals surface area contributed by atoms with E-state index in [2.05, 4.69) is 4.72 Å². The maximum absolute atomic E-state index is 12.0. The quantitative estimate of drug-likeness (QED) is 0.926. The number of nitriles is 1. The van der Waals surface area contributed by atoms with Gasteiger partial charge < -0.3 is 4.74 Å². The number of sulfonamides is 1. The first-order valence-corrected chi connectivity index (χ1v) is 8.35. The van der Waals surface area contributed by atoms with Crippen molar-refractivity contribution in [3.8, 4) is 6.07 Å². The minimum Gasteiger partial charge on any atom is -0.377 e. The molecule has 0 unspecified atom stereocenters. The van der Waals surface area contributed by atoms with E-state index in [1.165, 1.54) is 18.2 Å². The maximum atomic E-state index is 12.0. The van der Waals surface area contributed by atoms with Crippen LogP contribution < -0.4 is 4.72 Å². The molecule has 0 aliphatic carbocycles. The molecule has 108 valence electrons. The zero-order valence-corrected chi connectivity index (χ0v) is 12.4. The second-order valence-electron chi connectivity index (χ2n) is 4.68. The van der Waals surface area contributed by atoms with Crippen LogP contribution in [-0.2, 0) is 14.8 Å². The Morgan fingerprint density at radius 3 is 2.90 bits per heavy atom. The average molecular weight is 315 g/mol. The summed E-state index contributed by atoms with van der Waals surface area (Å²) in [6.07, 6.45) is 2.46. The van der Waals surface area contributed by atoms with Crippen molar-refractivity contribution in [3.63, 3.8) is 0 Å². The van der Waals surface area contributed by atoms with Crippen LogP contribution in [0.5, 0.6) is 0 Å². The lowest BCUT2D eigenvalue weighted by Crippen LogP contribution is -2.30. The number of anilines is 1. The Labute approximate surface area is 123 Å². The highest BCUT2D eigenvalue weighted by Gasteiger charge is 2.22. The van der Waals surface area contributed by atoms with Crippen molar-refractivity contribution < 1.29 is 13.2 Å². The molecule has 1 heterocycles. The van der Waals surface area contributed by atoms with Gasteiger partial charge in [0, 0.05) is 12.3 Å². The van der Waals surface area contributed by atoms with Crippen LogP contribution in [0, 0.1) is 11.3 Å². The summed E-state index contributed by atoms with van der Waals surface area (Å²) in [5.74, 6) is -0.0719. The Morgan fingerprint density at radius 1 is 1.45 bits per heavy atom. The number of nitrogens with one attached hydrogen (secondary N) is 1. The number of hydrogen-bond donors (Lipinski definition) is 1. The Kier molecular flexibility index (Phi) is 4.86. The molecule has 1 saturated heterocycles. The Balaban J connectivity index is 2.06. The van der Waals surface area contributed by atoms with Crippen molar-refractivity contribution in [1.29, 1.82) is 5.26 Å². The minimum absolute atomic E-state index is 0.0719. The van der Waals surface area contributed by atoms with E-state index in [4.69, 9.17) is 21.6 Å². The van der Waals surface area contributed by atoms with E-state index >= 15 is 0 Å². The summed E-state index contributed by atoms with van der Waals surface area (Å²) >= 11 is 5.80. The molecule has 7 heteroatoms. The maximum Gasteiger partial charge on any atom is 0.235 e. The lowest BCUT2D eigenvalue weighted by molar-refractivity contribution is 0.0306. The zero-order chi connectivity index (χ0) is 14.6. The summed E-state index contributed by atoms with van der Waals surface area (Å²) in [7, 11) is -3.50. The standard InChI is InChI=1S/C13H15ClN2O3S/c14-13-5-4-11(7-10(13)8-15)16-20(17,18)9-12-3-1-2-6-19-12/h4-5,7,12,16H,1-3,6,9H2/t12-/m0/s1. The van der Waals surface area contributed by atoms with Crippen LogP contribution in [-0.4, -0.2) is 26.9 Å². The molecule has 1 aliphatic heterocycles. The third-order valence-corrected chi connectivity index (χ3v) is 4.73. The van der Waals surface area contributed by atoms with E-state index in [0.29, 0.717) is 17.3 Å². The fourth-order valence-electron chi connectivity index (χ4n) is 2.08. The van der Waals surface area contributed by atoms with E-state index in [1.54, 1.807) is 0 Å². The summed E-state index contributed by atoms with van der Waals surface area (Å²) in [5.41, 5.74) is 0.572. The SMILES string of the molecule is N#Cc1cc(NS(=O)(=O)C[C@@H]2CCCCO2)ccc1Cl. The lowest BCUT2D eigenvalue weighted by atomic mass is 10.1. The molecule has 1 N–H and O–H groups in total. The summed E-state index contributed by atoms with van der Waals surface area (Å²) in [5, 5.41) is 9.17. The predicted octanol–water partition coefficient (Wildman–Crippen LogP) is 2.52. The van der Waals surface area contributed by atoms with Gasteiger partial charge in [0.2, 0.25) is 10.0 Å². The molecular weight excluding hydrogens is 300 g/mol. The first-order chi connectivity index (χ1) is 9.50. The van der Waals surface area contributed by atoms with E-state index in [1.807, 2.05) is 6.07 Å². The lowest BCUT2D eigenvalue weighted by Gasteiger charge is -2.22. The molecule has 1 fully saturated rings. The van der Waals surface area contributed by atoms with E-state index in [9.17, 15) is 8.42 Å². The number of rotatable bonds is 4. The number of halogens is 1. The van der Waals surface area contributed by atoms with Crippen LogP contribution in [0.15, 0.2) is 18.2 Å². The van der Waals surface area contributed by atoms with Crippen molar-refractivity contribution in [2.24, 2.45) is 0 Å². The topological polar surface area (TPSA) is 79.2 Å². The normalized spacial score (nSPS) is 19.3. The van der Waals surface area contributed by atoms with Gasteiger partial charge in [0.15, 0.2) is 0 Å². The Bertz CT molecular complexity index is 619. The van der Waals surface area contributed by atoms with E-state index < -0.39 is 10.0 Å². The van der Waals surface area contributed by atoms with Gasteiger partial charge >= 0.3 is 0 Å². The van der Waals surface area contributed by atoms with Crippen LogP contribution in [0.2, 0.25) is 5.02 Å². The summed E-state index contributed by atoms with van der Waals surface area (Å²) in [6.45, 7) is 0.611. The molecule has 20 heavy (non-hydrogen) atoms. The highest BCUT2D eigenvalue weighted by Crippen LogP contribution is 2.21. The van der Waals surface area contributed by atoms with Crippen LogP contribution >= 0.6 is 11.6 Å². The molecule has 0 radical (unpaired) electrons. The monoisotopic (exact) mass is 314 g/mol. The molecular formula is C13H15ClN2O3S. The van der Waals surface area contributed by atoms with Crippen molar-refractivity contribution in [2.45, 2.75) is 25.4 Å². The fraction of sp³-hybridized carbons (Fsp3) is 0.462. The first kappa shape index (κ1) is 15.1. The third kappa shape index (κ3) is 4.10. The van der Waals surface area contributed by atoms with Crippen LogP contribution in [0.1, 0.15) is 24.8 Å². The Morgan fingerprint density at radius 2 is 2.25 bits per heavy atom. The molecule has 5 nitrogen and oxygen atoms in total. The fourth-order valence-corrected chi connectivity index (χ4v) is 3.56. The molecule has 1 aromatic carbocycles. The molecule has 1 atom stereocenters. The van der Waals surface area contributed by atoms with Crippen LogP contribution in [0.4, 0.5) is 5.69 Å². The molecule has 1 aliphatic rings. The molecule has 0 amide bonds. The number of benzene rings is 1.